The van der Waals surface area contributed by atoms with E-state index in [4.69, 9.17) is 5.26 Å². The number of rotatable bonds is 3. The second-order valence-corrected chi connectivity index (χ2v) is 3.07. The van der Waals surface area contributed by atoms with Crippen LogP contribution >= 0.6 is 0 Å². The van der Waals surface area contributed by atoms with Crippen LogP contribution in [-0.4, -0.2) is 11.0 Å². The van der Waals surface area contributed by atoms with Crippen LogP contribution in [0.1, 0.15) is 13.8 Å². The molecule has 1 aromatic carbocycles. The van der Waals surface area contributed by atoms with E-state index in [0.717, 1.165) is 5.69 Å². The number of nitrogens with zero attached hydrogens (tertiary/aromatic N) is 2. The zero-order valence-electron chi connectivity index (χ0n) is 7.64. The normalized spacial score (nSPS) is 12.2. The Morgan fingerprint density at radius 3 is 2.38 bits per heavy atom. The third kappa shape index (κ3) is 3.31. The van der Waals surface area contributed by atoms with E-state index in [9.17, 15) is 0 Å². The fourth-order valence-electron chi connectivity index (χ4n) is 0.691. The van der Waals surface area contributed by atoms with Gasteiger partial charge in [-0.05, 0) is 26.0 Å². The first kappa shape index (κ1) is 9.83. The molecule has 0 fully saturated rings. The molecule has 0 saturated carbocycles. The van der Waals surface area contributed by atoms with Crippen LogP contribution in [-0.2, 0) is 4.89 Å². The molecule has 0 aliphatic carbocycles. The smallest absolute Gasteiger partial charge is 0.207 e. The van der Waals surface area contributed by atoms with E-state index >= 15 is 0 Å². The van der Waals surface area contributed by atoms with E-state index in [1.54, 1.807) is 13.8 Å². The summed E-state index contributed by atoms with van der Waals surface area (Å²) >= 11 is 0. The van der Waals surface area contributed by atoms with E-state index in [1.165, 1.54) is 0 Å². The van der Waals surface area contributed by atoms with E-state index in [2.05, 4.69) is 15.1 Å². The fourth-order valence-corrected chi connectivity index (χ4v) is 0.691. The van der Waals surface area contributed by atoms with E-state index in [0.29, 0.717) is 0 Å². The molecule has 70 valence electrons. The lowest BCUT2D eigenvalue weighted by Crippen LogP contribution is -2.18. The molecule has 4 nitrogen and oxygen atoms in total. The van der Waals surface area contributed by atoms with Gasteiger partial charge >= 0.3 is 0 Å². The summed E-state index contributed by atoms with van der Waals surface area (Å²) in [5.74, 6) is 0. The first-order valence-electron chi connectivity index (χ1n) is 3.94. The van der Waals surface area contributed by atoms with Gasteiger partial charge in [0.2, 0.25) is 5.72 Å². The molecule has 13 heavy (non-hydrogen) atoms. The number of benzene rings is 1. The standard InChI is InChI=1S/C9H12N2O2/c1-9(2,13-12)11-10-8-6-4-3-5-7-8/h3-7,12H,1-2H3. The number of hydrogen-bond acceptors (Lipinski definition) is 4. The zero-order chi connectivity index (χ0) is 9.73. The predicted molar refractivity (Wildman–Crippen MR) is 48.8 cm³/mol. The van der Waals surface area contributed by atoms with Crippen molar-refractivity contribution in [1.29, 1.82) is 0 Å². The van der Waals surface area contributed by atoms with Gasteiger partial charge in [-0.2, -0.15) is 10.2 Å². The molecule has 0 aliphatic heterocycles. The number of azo groups is 1. The lowest BCUT2D eigenvalue weighted by Gasteiger charge is -2.11. The maximum Gasteiger partial charge on any atom is 0.207 e. The average molecular weight is 180 g/mol. The lowest BCUT2D eigenvalue weighted by molar-refractivity contribution is -0.311. The van der Waals surface area contributed by atoms with Gasteiger partial charge in [0.25, 0.3) is 0 Å². The highest BCUT2D eigenvalue weighted by Gasteiger charge is 2.16. The molecule has 0 aliphatic rings. The van der Waals surface area contributed by atoms with Crippen molar-refractivity contribution < 1.29 is 10.1 Å². The summed E-state index contributed by atoms with van der Waals surface area (Å²) < 4.78 is 0. The second kappa shape index (κ2) is 4.11. The molecule has 0 amide bonds. The van der Waals surface area contributed by atoms with Crippen molar-refractivity contribution in [3.63, 3.8) is 0 Å². The highest BCUT2D eigenvalue weighted by atomic mass is 17.1. The predicted octanol–water partition coefficient (Wildman–Crippen LogP) is 3.00. The molecular formula is C9H12N2O2. The van der Waals surface area contributed by atoms with Gasteiger partial charge in [0, 0.05) is 0 Å². The summed E-state index contributed by atoms with van der Waals surface area (Å²) in [6.07, 6.45) is 0. The van der Waals surface area contributed by atoms with E-state index in [1.807, 2.05) is 30.3 Å². The Morgan fingerprint density at radius 1 is 1.23 bits per heavy atom. The quantitative estimate of drug-likeness (QED) is 0.441. The van der Waals surface area contributed by atoms with Crippen molar-refractivity contribution in [2.75, 3.05) is 0 Å². The van der Waals surface area contributed by atoms with Crippen molar-refractivity contribution in [1.82, 2.24) is 0 Å². The second-order valence-electron chi connectivity index (χ2n) is 3.07. The van der Waals surface area contributed by atoms with Gasteiger partial charge in [-0.25, -0.2) is 10.1 Å². The Morgan fingerprint density at radius 2 is 1.85 bits per heavy atom. The summed E-state index contributed by atoms with van der Waals surface area (Å²) in [4.78, 5) is 4.10. The van der Waals surface area contributed by atoms with Gasteiger partial charge in [0.15, 0.2) is 0 Å². The molecule has 1 rings (SSSR count). The third-order valence-corrected chi connectivity index (χ3v) is 1.39. The largest absolute Gasteiger partial charge is 0.249 e. The van der Waals surface area contributed by atoms with E-state index < -0.39 is 5.72 Å². The first-order chi connectivity index (χ1) is 6.14. The topological polar surface area (TPSA) is 54.2 Å². The summed E-state index contributed by atoms with van der Waals surface area (Å²) in [6.45, 7) is 3.22. The van der Waals surface area contributed by atoms with Crippen molar-refractivity contribution in [3.8, 4) is 0 Å². The van der Waals surface area contributed by atoms with Crippen LogP contribution in [0.25, 0.3) is 0 Å². The Hall–Kier alpha value is -1.26. The maximum atomic E-state index is 8.42. The van der Waals surface area contributed by atoms with Gasteiger partial charge in [-0.15, -0.1) is 0 Å². The Balaban J connectivity index is 2.69. The molecule has 0 unspecified atom stereocenters. The van der Waals surface area contributed by atoms with Gasteiger partial charge in [-0.1, -0.05) is 18.2 Å². The minimum absolute atomic E-state index is 0.729. The van der Waals surface area contributed by atoms with Crippen LogP contribution in [0.3, 0.4) is 0 Å². The molecule has 4 heteroatoms. The maximum absolute atomic E-state index is 8.42. The summed E-state index contributed by atoms with van der Waals surface area (Å²) in [5, 5.41) is 16.1. The Bertz CT molecular complexity index is 283. The molecule has 1 N–H and O–H groups in total. The Kier molecular flexibility index (Phi) is 3.11. The fraction of sp³-hybridized carbons (Fsp3) is 0.333. The molecule has 1 aromatic rings. The molecule has 0 bridgehead atoms. The molecule has 0 spiro atoms. The SMILES string of the molecule is CC(C)(N=Nc1ccccc1)OO. The van der Waals surface area contributed by atoms with Gasteiger partial charge in [0.05, 0.1) is 5.69 Å². The monoisotopic (exact) mass is 180 g/mol. The molecule has 0 atom stereocenters. The van der Waals surface area contributed by atoms with Crippen LogP contribution in [0.4, 0.5) is 5.69 Å². The molecule has 0 heterocycles. The highest BCUT2D eigenvalue weighted by Crippen LogP contribution is 2.16. The lowest BCUT2D eigenvalue weighted by atomic mass is 10.3. The van der Waals surface area contributed by atoms with Crippen LogP contribution in [0.15, 0.2) is 40.6 Å². The van der Waals surface area contributed by atoms with Crippen LogP contribution in [0.2, 0.25) is 0 Å². The molecule has 0 saturated heterocycles. The summed E-state index contributed by atoms with van der Waals surface area (Å²) in [6, 6.07) is 9.25. The van der Waals surface area contributed by atoms with Crippen molar-refractivity contribution in [2.24, 2.45) is 10.2 Å². The molecular weight excluding hydrogens is 168 g/mol. The van der Waals surface area contributed by atoms with Gasteiger partial charge in [0.1, 0.15) is 0 Å². The van der Waals surface area contributed by atoms with E-state index in [-0.39, 0.29) is 0 Å². The molecule has 0 aromatic heterocycles. The van der Waals surface area contributed by atoms with Crippen molar-refractivity contribution in [3.05, 3.63) is 30.3 Å². The summed E-state index contributed by atoms with van der Waals surface area (Å²) in [5.41, 5.74) is -0.261. The van der Waals surface area contributed by atoms with Gasteiger partial charge < -0.3 is 0 Å². The third-order valence-electron chi connectivity index (χ3n) is 1.39. The van der Waals surface area contributed by atoms with Crippen LogP contribution in [0.5, 0.6) is 0 Å². The molecule has 0 radical (unpaired) electrons. The van der Waals surface area contributed by atoms with Gasteiger partial charge in [-0.3, -0.25) is 0 Å². The Labute approximate surface area is 76.8 Å². The van der Waals surface area contributed by atoms with Crippen molar-refractivity contribution >= 4 is 5.69 Å². The number of hydrogen-bond donors (Lipinski definition) is 1. The van der Waals surface area contributed by atoms with Crippen molar-refractivity contribution in [2.45, 2.75) is 19.6 Å². The average Bonchev–Trinajstić information content (AvgIpc) is 2.17. The summed E-state index contributed by atoms with van der Waals surface area (Å²) in [7, 11) is 0. The minimum Gasteiger partial charge on any atom is -0.249 e. The first-order valence-corrected chi connectivity index (χ1v) is 3.94. The zero-order valence-corrected chi connectivity index (χ0v) is 7.64. The minimum atomic E-state index is -0.990. The van der Waals surface area contributed by atoms with Crippen LogP contribution in [0, 0.1) is 0 Å². The van der Waals surface area contributed by atoms with Crippen LogP contribution < -0.4 is 0 Å². The highest BCUT2D eigenvalue weighted by molar-refractivity contribution is 5.34.